The molecule has 1 aromatic heterocycles. The number of hydrogen-bond acceptors (Lipinski definition) is 1. The molecule has 1 heterocycles. The smallest absolute Gasteiger partial charge is 0.130 e. The maximum absolute atomic E-state index is 13.9. The van der Waals surface area contributed by atoms with Gasteiger partial charge in [0.05, 0.1) is 4.83 Å². The highest BCUT2D eigenvalue weighted by Crippen LogP contribution is 2.36. The first-order valence-corrected chi connectivity index (χ1v) is 6.78. The SMILES string of the molecule is Cc1ccc(C(Br)c2cccc(C)c2F)s1. The molecule has 0 nitrogen and oxygen atoms in total. The minimum atomic E-state index is -0.115. The first-order chi connectivity index (χ1) is 7.59. The van der Waals surface area contributed by atoms with Crippen molar-refractivity contribution >= 4 is 27.3 Å². The fourth-order valence-corrected chi connectivity index (χ4v) is 3.27. The molecule has 0 saturated heterocycles. The highest BCUT2D eigenvalue weighted by Gasteiger charge is 2.17. The summed E-state index contributed by atoms with van der Waals surface area (Å²) in [6.07, 6.45) is 0. The van der Waals surface area contributed by atoms with Gasteiger partial charge in [0.25, 0.3) is 0 Å². The largest absolute Gasteiger partial charge is 0.206 e. The summed E-state index contributed by atoms with van der Waals surface area (Å²) in [6, 6.07) is 9.61. The summed E-state index contributed by atoms with van der Waals surface area (Å²) < 4.78 is 13.9. The van der Waals surface area contributed by atoms with Crippen molar-refractivity contribution in [2.24, 2.45) is 0 Å². The molecule has 0 bridgehead atoms. The number of aryl methyl sites for hydroxylation is 2. The molecular formula is C13H12BrFS. The summed E-state index contributed by atoms with van der Waals surface area (Å²) in [7, 11) is 0. The van der Waals surface area contributed by atoms with Gasteiger partial charge in [-0.15, -0.1) is 11.3 Å². The van der Waals surface area contributed by atoms with E-state index in [9.17, 15) is 4.39 Å². The van der Waals surface area contributed by atoms with Crippen LogP contribution in [0.25, 0.3) is 0 Å². The van der Waals surface area contributed by atoms with Gasteiger partial charge in [0, 0.05) is 15.3 Å². The first-order valence-electron chi connectivity index (χ1n) is 5.05. The van der Waals surface area contributed by atoms with E-state index in [2.05, 4.69) is 28.9 Å². The lowest BCUT2D eigenvalue weighted by Gasteiger charge is -2.10. The Labute approximate surface area is 107 Å². The molecule has 0 saturated carbocycles. The number of alkyl halides is 1. The van der Waals surface area contributed by atoms with Gasteiger partial charge in [0.2, 0.25) is 0 Å². The molecule has 2 rings (SSSR count). The molecule has 1 aromatic carbocycles. The van der Waals surface area contributed by atoms with Crippen LogP contribution in [0.3, 0.4) is 0 Å². The fourth-order valence-electron chi connectivity index (χ4n) is 1.61. The quantitative estimate of drug-likeness (QED) is 0.685. The minimum absolute atomic E-state index is 0.0499. The van der Waals surface area contributed by atoms with Gasteiger partial charge in [-0.2, -0.15) is 0 Å². The molecule has 0 aliphatic heterocycles. The van der Waals surface area contributed by atoms with Crippen LogP contribution in [0.15, 0.2) is 30.3 Å². The molecule has 0 aliphatic carbocycles. The van der Waals surface area contributed by atoms with E-state index in [-0.39, 0.29) is 10.6 Å². The molecule has 84 valence electrons. The third kappa shape index (κ3) is 2.20. The number of thiophene rings is 1. The predicted molar refractivity (Wildman–Crippen MR) is 71.0 cm³/mol. The number of rotatable bonds is 2. The molecule has 16 heavy (non-hydrogen) atoms. The monoisotopic (exact) mass is 298 g/mol. The Bertz CT molecular complexity index is 504. The van der Waals surface area contributed by atoms with E-state index in [1.54, 1.807) is 24.3 Å². The van der Waals surface area contributed by atoms with E-state index >= 15 is 0 Å². The van der Waals surface area contributed by atoms with Gasteiger partial charge in [0.1, 0.15) is 5.82 Å². The minimum Gasteiger partial charge on any atom is -0.206 e. The summed E-state index contributed by atoms with van der Waals surface area (Å²) >= 11 is 5.25. The lowest BCUT2D eigenvalue weighted by atomic mass is 10.1. The number of hydrogen-bond donors (Lipinski definition) is 0. The molecule has 0 N–H and O–H groups in total. The van der Waals surface area contributed by atoms with Crippen molar-refractivity contribution in [1.82, 2.24) is 0 Å². The maximum Gasteiger partial charge on any atom is 0.130 e. The van der Waals surface area contributed by atoms with E-state index in [0.29, 0.717) is 11.1 Å². The topological polar surface area (TPSA) is 0 Å². The normalized spacial score (nSPS) is 12.8. The summed E-state index contributed by atoms with van der Waals surface area (Å²) in [5.41, 5.74) is 1.40. The predicted octanol–water partition coefficient (Wildman–Crippen LogP) is 4.99. The van der Waals surface area contributed by atoms with E-state index in [0.717, 1.165) is 4.88 Å². The zero-order chi connectivity index (χ0) is 11.7. The van der Waals surface area contributed by atoms with Crippen molar-refractivity contribution in [3.8, 4) is 0 Å². The van der Waals surface area contributed by atoms with E-state index < -0.39 is 0 Å². The molecule has 0 radical (unpaired) electrons. The van der Waals surface area contributed by atoms with Gasteiger partial charge in [0.15, 0.2) is 0 Å². The second kappa shape index (κ2) is 4.68. The molecule has 1 atom stereocenters. The highest BCUT2D eigenvalue weighted by molar-refractivity contribution is 9.09. The Balaban J connectivity index is 2.41. The zero-order valence-corrected chi connectivity index (χ0v) is 11.5. The van der Waals surface area contributed by atoms with Crippen LogP contribution in [0.4, 0.5) is 4.39 Å². The van der Waals surface area contributed by atoms with Crippen LogP contribution < -0.4 is 0 Å². The van der Waals surface area contributed by atoms with Crippen LogP contribution in [-0.4, -0.2) is 0 Å². The second-order valence-corrected chi connectivity index (χ2v) is 6.02. The van der Waals surface area contributed by atoms with E-state index in [1.807, 2.05) is 18.2 Å². The van der Waals surface area contributed by atoms with Crippen LogP contribution in [0.2, 0.25) is 0 Å². The van der Waals surface area contributed by atoms with Crippen LogP contribution in [0.5, 0.6) is 0 Å². The zero-order valence-electron chi connectivity index (χ0n) is 9.13. The third-order valence-electron chi connectivity index (χ3n) is 2.51. The Kier molecular flexibility index (Phi) is 3.45. The lowest BCUT2D eigenvalue weighted by Crippen LogP contribution is -1.96. The lowest BCUT2D eigenvalue weighted by molar-refractivity contribution is 0.605. The van der Waals surface area contributed by atoms with Gasteiger partial charge in [-0.05, 0) is 31.5 Å². The molecule has 3 heteroatoms. The molecule has 0 spiro atoms. The van der Waals surface area contributed by atoms with Crippen molar-refractivity contribution < 1.29 is 4.39 Å². The van der Waals surface area contributed by atoms with Crippen molar-refractivity contribution in [2.75, 3.05) is 0 Å². The third-order valence-corrected chi connectivity index (χ3v) is 4.86. The molecule has 1 unspecified atom stereocenters. The Hall–Kier alpha value is -0.670. The van der Waals surface area contributed by atoms with Gasteiger partial charge in [-0.3, -0.25) is 0 Å². The average Bonchev–Trinajstić information content (AvgIpc) is 2.68. The van der Waals surface area contributed by atoms with Crippen molar-refractivity contribution in [2.45, 2.75) is 18.7 Å². The number of benzene rings is 1. The molecule has 0 aliphatic rings. The van der Waals surface area contributed by atoms with Gasteiger partial charge < -0.3 is 0 Å². The molecule has 0 amide bonds. The number of halogens is 2. The maximum atomic E-state index is 13.9. The molecule has 0 fully saturated rings. The summed E-state index contributed by atoms with van der Waals surface area (Å²) in [4.78, 5) is 2.33. The second-order valence-electron chi connectivity index (χ2n) is 3.79. The summed E-state index contributed by atoms with van der Waals surface area (Å²) in [5.74, 6) is -0.115. The van der Waals surface area contributed by atoms with Gasteiger partial charge >= 0.3 is 0 Å². The van der Waals surface area contributed by atoms with Crippen LogP contribution in [-0.2, 0) is 0 Å². The average molecular weight is 299 g/mol. The Morgan fingerprint density at radius 2 is 1.94 bits per heavy atom. The van der Waals surface area contributed by atoms with E-state index in [1.165, 1.54) is 4.88 Å². The van der Waals surface area contributed by atoms with E-state index in [4.69, 9.17) is 0 Å². The van der Waals surface area contributed by atoms with Crippen molar-refractivity contribution in [1.29, 1.82) is 0 Å². The van der Waals surface area contributed by atoms with Crippen molar-refractivity contribution in [3.63, 3.8) is 0 Å². The van der Waals surface area contributed by atoms with Crippen molar-refractivity contribution in [3.05, 3.63) is 57.0 Å². The molecule has 2 aromatic rings. The molecular weight excluding hydrogens is 287 g/mol. The van der Waals surface area contributed by atoms with Gasteiger partial charge in [-0.1, -0.05) is 34.1 Å². The van der Waals surface area contributed by atoms with Crippen LogP contribution in [0, 0.1) is 19.7 Å². The summed E-state index contributed by atoms with van der Waals surface area (Å²) in [5, 5.41) is 0. The highest BCUT2D eigenvalue weighted by atomic mass is 79.9. The summed E-state index contributed by atoms with van der Waals surface area (Å²) in [6.45, 7) is 3.85. The fraction of sp³-hybridized carbons (Fsp3) is 0.231. The standard InChI is InChI=1S/C13H12BrFS/c1-8-4-3-5-10(13(8)15)12(14)11-7-6-9(2)16-11/h3-7,12H,1-2H3. The Morgan fingerprint density at radius 1 is 1.19 bits per heavy atom. The van der Waals surface area contributed by atoms with Crippen LogP contribution >= 0.6 is 27.3 Å². The van der Waals surface area contributed by atoms with Crippen LogP contribution in [0.1, 0.15) is 25.7 Å². The first kappa shape index (κ1) is 11.8. The Morgan fingerprint density at radius 3 is 2.56 bits per heavy atom. The van der Waals surface area contributed by atoms with Gasteiger partial charge in [-0.25, -0.2) is 4.39 Å².